The average molecular weight is 427 g/mol. The van der Waals surface area contributed by atoms with Gasteiger partial charge in [-0.15, -0.1) is 0 Å². The molecule has 1 N–H and O–H groups in total. The standard InChI is InChI=1S/C22H26N4O3S/c1-15(26-9-4-3-5-10-26)11-20-23-22(30-25-20)24-21(27)17-13-19(29-14-17)16-7-6-8-18(12-16)28-2/h6-8,12-15H,3-5,9-11H2,1-2H3,(H,23,24,25,27). The number of anilines is 1. The Morgan fingerprint density at radius 2 is 2.13 bits per heavy atom. The summed E-state index contributed by atoms with van der Waals surface area (Å²) in [5, 5.41) is 3.33. The highest BCUT2D eigenvalue weighted by Gasteiger charge is 2.19. The molecule has 0 aliphatic carbocycles. The number of amides is 1. The van der Waals surface area contributed by atoms with Crippen molar-refractivity contribution in [2.24, 2.45) is 0 Å². The Kier molecular flexibility index (Phi) is 6.44. The summed E-state index contributed by atoms with van der Waals surface area (Å²) in [5.74, 6) is 1.85. The molecule has 0 saturated carbocycles. The Balaban J connectivity index is 1.37. The van der Waals surface area contributed by atoms with Crippen molar-refractivity contribution in [2.45, 2.75) is 38.6 Å². The summed E-state index contributed by atoms with van der Waals surface area (Å²) in [6, 6.07) is 9.63. The lowest BCUT2D eigenvalue weighted by atomic mass is 10.1. The molecule has 158 valence electrons. The number of nitrogens with zero attached hydrogens (tertiary/aromatic N) is 3. The van der Waals surface area contributed by atoms with Crippen molar-refractivity contribution >= 4 is 22.6 Å². The summed E-state index contributed by atoms with van der Waals surface area (Å²) in [4.78, 5) is 19.6. The van der Waals surface area contributed by atoms with Crippen LogP contribution in [0.2, 0.25) is 0 Å². The Bertz CT molecular complexity index is 994. The van der Waals surface area contributed by atoms with E-state index in [9.17, 15) is 4.79 Å². The Hall–Kier alpha value is -2.71. The number of carbonyl (C=O) groups is 1. The second-order valence-corrected chi connectivity index (χ2v) is 8.30. The molecule has 1 unspecified atom stereocenters. The molecule has 1 saturated heterocycles. The average Bonchev–Trinajstić information content (AvgIpc) is 3.44. The fraction of sp³-hybridized carbons (Fsp3) is 0.409. The molecule has 0 spiro atoms. The summed E-state index contributed by atoms with van der Waals surface area (Å²) < 4.78 is 15.2. The molecule has 1 amide bonds. The van der Waals surface area contributed by atoms with E-state index in [2.05, 4.69) is 26.5 Å². The molecule has 1 aliphatic heterocycles. The number of nitrogens with one attached hydrogen (secondary N) is 1. The van der Waals surface area contributed by atoms with Crippen molar-refractivity contribution in [3.05, 3.63) is 48.0 Å². The van der Waals surface area contributed by atoms with E-state index >= 15 is 0 Å². The van der Waals surface area contributed by atoms with E-state index in [1.165, 1.54) is 37.1 Å². The van der Waals surface area contributed by atoms with Gasteiger partial charge in [0.15, 0.2) is 0 Å². The lowest BCUT2D eigenvalue weighted by Gasteiger charge is -2.31. The number of likely N-dealkylation sites (tertiary alicyclic amines) is 1. The normalized spacial score (nSPS) is 15.7. The fourth-order valence-electron chi connectivity index (χ4n) is 3.69. The topological polar surface area (TPSA) is 80.5 Å². The van der Waals surface area contributed by atoms with Crippen LogP contribution < -0.4 is 10.1 Å². The quantitative estimate of drug-likeness (QED) is 0.600. The molecule has 30 heavy (non-hydrogen) atoms. The number of carbonyl (C=O) groups excluding carboxylic acids is 1. The zero-order valence-corrected chi connectivity index (χ0v) is 18.1. The van der Waals surface area contributed by atoms with Crippen LogP contribution in [0.4, 0.5) is 5.13 Å². The van der Waals surface area contributed by atoms with Crippen LogP contribution in [0.15, 0.2) is 41.0 Å². The highest BCUT2D eigenvalue weighted by molar-refractivity contribution is 7.09. The van der Waals surface area contributed by atoms with Crippen molar-refractivity contribution in [3.8, 4) is 17.1 Å². The maximum Gasteiger partial charge on any atom is 0.260 e. The zero-order valence-electron chi connectivity index (χ0n) is 17.3. The molecule has 1 fully saturated rings. The van der Waals surface area contributed by atoms with Gasteiger partial charge >= 0.3 is 0 Å². The summed E-state index contributed by atoms with van der Waals surface area (Å²) in [6.45, 7) is 4.51. The summed E-state index contributed by atoms with van der Waals surface area (Å²) in [7, 11) is 1.61. The van der Waals surface area contributed by atoms with E-state index in [1.807, 2.05) is 24.3 Å². The van der Waals surface area contributed by atoms with Crippen LogP contribution in [-0.4, -0.2) is 46.4 Å². The van der Waals surface area contributed by atoms with E-state index in [0.717, 1.165) is 36.6 Å². The monoisotopic (exact) mass is 426 g/mol. The van der Waals surface area contributed by atoms with Gasteiger partial charge in [0.05, 0.1) is 12.7 Å². The van der Waals surface area contributed by atoms with E-state index in [0.29, 0.717) is 22.5 Å². The first-order valence-electron chi connectivity index (χ1n) is 10.2. The molecular formula is C22H26N4O3S. The lowest BCUT2D eigenvalue weighted by molar-refractivity contribution is 0.102. The van der Waals surface area contributed by atoms with Crippen LogP contribution in [0.5, 0.6) is 5.75 Å². The molecule has 7 nitrogen and oxygen atoms in total. The number of hydrogen-bond donors (Lipinski definition) is 1. The third-order valence-electron chi connectivity index (χ3n) is 5.40. The van der Waals surface area contributed by atoms with E-state index in [-0.39, 0.29) is 5.91 Å². The van der Waals surface area contributed by atoms with Gasteiger partial charge < -0.3 is 14.1 Å². The van der Waals surface area contributed by atoms with Crippen LogP contribution in [-0.2, 0) is 6.42 Å². The number of aromatic nitrogens is 2. The zero-order chi connectivity index (χ0) is 20.9. The third-order valence-corrected chi connectivity index (χ3v) is 6.06. The minimum atomic E-state index is -0.264. The smallest absolute Gasteiger partial charge is 0.260 e. The first-order chi connectivity index (χ1) is 14.6. The van der Waals surface area contributed by atoms with Crippen molar-refractivity contribution in [3.63, 3.8) is 0 Å². The van der Waals surface area contributed by atoms with E-state index < -0.39 is 0 Å². The van der Waals surface area contributed by atoms with Gasteiger partial charge in [-0.2, -0.15) is 4.37 Å². The number of piperidine rings is 1. The van der Waals surface area contributed by atoms with Gasteiger partial charge in [-0.3, -0.25) is 10.1 Å². The summed E-state index contributed by atoms with van der Waals surface area (Å²) in [6.07, 6.45) is 6.08. The second kappa shape index (κ2) is 9.40. The molecule has 4 rings (SSSR count). The van der Waals surface area contributed by atoms with Crippen molar-refractivity contribution < 1.29 is 13.9 Å². The molecule has 3 heterocycles. The maximum atomic E-state index is 12.6. The van der Waals surface area contributed by atoms with Crippen molar-refractivity contribution in [2.75, 3.05) is 25.5 Å². The molecular weight excluding hydrogens is 400 g/mol. The van der Waals surface area contributed by atoms with Gasteiger partial charge in [-0.25, -0.2) is 4.98 Å². The number of rotatable bonds is 7. The minimum Gasteiger partial charge on any atom is -0.497 e. The van der Waals surface area contributed by atoms with Crippen LogP contribution >= 0.6 is 11.5 Å². The van der Waals surface area contributed by atoms with Crippen LogP contribution in [0.3, 0.4) is 0 Å². The van der Waals surface area contributed by atoms with Gasteiger partial charge in [-0.1, -0.05) is 18.6 Å². The predicted molar refractivity (Wildman–Crippen MR) is 117 cm³/mol. The molecule has 0 bridgehead atoms. The van der Waals surface area contributed by atoms with E-state index in [1.54, 1.807) is 13.2 Å². The largest absolute Gasteiger partial charge is 0.497 e. The van der Waals surface area contributed by atoms with Gasteiger partial charge in [0.25, 0.3) is 5.91 Å². The highest BCUT2D eigenvalue weighted by atomic mass is 32.1. The van der Waals surface area contributed by atoms with Crippen LogP contribution in [0.25, 0.3) is 11.3 Å². The molecule has 0 radical (unpaired) electrons. The first kappa shape index (κ1) is 20.6. The number of furan rings is 1. The lowest BCUT2D eigenvalue weighted by Crippen LogP contribution is -2.38. The Morgan fingerprint density at radius 3 is 2.93 bits per heavy atom. The number of methoxy groups -OCH3 is 1. The minimum absolute atomic E-state index is 0.264. The summed E-state index contributed by atoms with van der Waals surface area (Å²) in [5.41, 5.74) is 1.28. The van der Waals surface area contributed by atoms with Gasteiger partial charge in [0.1, 0.15) is 23.6 Å². The fourth-order valence-corrected chi connectivity index (χ4v) is 4.28. The molecule has 8 heteroatoms. The van der Waals surface area contributed by atoms with Crippen LogP contribution in [0.1, 0.15) is 42.4 Å². The van der Waals surface area contributed by atoms with Crippen LogP contribution in [0, 0.1) is 0 Å². The SMILES string of the molecule is COc1cccc(-c2cc(C(=O)Nc3nc(CC(C)N4CCCCC4)ns3)co2)c1. The maximum absolute atomic E-state index is 12.6. The van der Waals surface area contributed by atoms with Crippen molar-refractivity contribution in [1.82, 2.24) is 14.3 Å². The third kappa shape index (κ3) is 4.88. The van der Waals surface area contributed by atoms with Crippen molar-refractivity contribution in [1.29, 1.82) is 0 Å². The summed E-state index contributed by atoms with van der Waals surface area (Å²) >= 11 is 1.21. The van der Waals surface area contributed by atoms with Gasteiger partial charge in [0.2, 0.25) is 5.13 Å². The molecule has 1 aliphatic rings. The number of ether oxygens (including phenoxy) is 1. The number of hydrogen-bond acceptors (Lipinski definition) is 7. The number of benzene rings is 1. The molecule has 1 aromatic carbocycles. The first-order valence-corrected chi connectivity index (χ1v) is 11.0. The second-order valence-electron chi connectivity index (χ2n) is 7.55. The molecule has 2 aromatic heterocycles. The molecule has 1 atom stereocenters. The van der Waals surface area contributed by atoms with E-state index in [4.69, 9.17) is 9.15 Å². The van der Waals surface area contributed by atoms with Gasteiger partial charge in [-0.05, 0) is 51.1 Å². The molecule has 3 aromatic rings. The Labute approximate surface area is 180 Å². The highest BCUT2D eigenvalue weighted by Crippen LogP contribution is 2.26. The Morgan fingerprint density at radius 1 is 1.30 bits per heavy atom. The predicted octanol–water partition coefficient (Wildman–Crippen LogP) is 4.48. The van der Waals surface area contributed by atoms with Gasteiger partial charge in [0, 0.05) is 29.6 Å².